The molecule has 0 fully saturated rings. The average Bonchev–Trinajstić information content (AvgIpc) is 2.85. The van der Waals surface area contributed by atoms with Gasteiger partial charge < -0.3 is 15.3 Å². The summed E-state index contributed by atoms with van der Waals surface area (Å²) in [7, 11) is 0. The van der Waals surface area contributed by atoms with Gasteiger partial charge in [-0.05, 0) is 41.7 Å². The Morgan fingerprint density at radius 2 is 1.52 bits per heavy atom. The number of aliphatic hydroxyl groups excluding tert-OH is 1. The quantitative estimate of drug-likeness (QED) is 0.435. The number of hydrogen-bond donors (Lipinski definition) is 2. The van der Waals surface area contributed by atoms with Crippen LogP contribution in [-0.4, -0.2) is 35.0 Å². The number of hydrogen-bond acceptors (Lipinski definition) is 3. The van der Waals surface area contributed by atoms with E-state index in [0.717, 1.165) is 11.1 Å². The van der Waals surface area contributed by atoms with Gasteiger partial charge in [-0.2, -0.15) is 0 Å². The molecule has 3 rings (SSSR count). The van der Waals surface area contributed by atoms with Crippen LogP contribution in [-0.2, 0) is 22.6 Å². The Balaban J connectivity index is 1.90. The maximum absolute atomic E-state index is 13.5. The first-order chi connectivity index (χ1) is 16.1. The Bertz CT molecular complexity index is 1010. The summed E-state index contributed by atoms with van der Waals surface area (Å²) in [5.41, 5.74) is 2.46. The SMILES string of the molecule is O=C(NCCCO)C(c1ccccc1)N(Cc1ccc(F)cc1)C(=O)CCc1ccccc1. The maximum Gasteiger partial charge on any atom is 0.247 e. The molecule has 0 spiro atoms. The van der Waals surface area contributed by atoms with Crippen molar-refractivity contribution < 1.29 is 19.1 Å². The number of aliphatic hydroxyl groups is 1. The van der Waals surface area contributed by atoms with Crippen molar-refractivity contribution in [3.8, 4) is 0 Å². The lowest BCUT2D eigenvalue weighted by atomic mass is 10.0. The number of nitrogens with zero attached hydrogens (tertiary/aromatic N) is 1. The Kier molecular flexibility index (Phi) is 9.15. The smallest absolute Gasteiger partial charge is 0.247 e. The van der Waals surface area contributed by atoms with E-state index in [1.807, 2.05) is 60.7 Å². The summed E-state index contributed by atoms with van der Waals surface area (Å²) >= 11 is 0. The molecule has 33 heavy (non-hydrogen) atoms. The van der Waals surface area contributed by atoms with Crippen LogP contribution >= 0.6 is 0 Å². The van der Waals surface area contributed by atoms with E-state index in [-0.39, 0.29) is 37.2 Å². The summed E-state index contributed by atoms with van der Waals surface area (Å²) in [6, 6.07) is 24.0. The van der Waals surface area contributed by atoms with E-state index in [1.165, 1.54) is 12.1 Å². The minimum atomic E-state index is -0.849. The molecule has 2 N–H and O–H groups in total. The third kappa shape index (κ3) is 7.26. The van der Waals surface area contributed by atoms with Crippen molar-refractivity contribution in [2.24, 2.45) is 0 Å². The molecule has 5 nitrogen and oxygen atoms in total. The Morgan fingerprint density at radius 3 is 2.15 bits per heavy atom. The van der Waals surface area contributed by atoms with Gasteiger partial charge in [0.15, 0.2) is 0 Å². The summed E-state index contributed by atoms with van der Waals surface area (Å²) in [6.45, 7) is 0.438. The van der Waals surface area contributed by atoms with Gasteiger partial charge in [-0.3, -0.25) is 9.59 Å². The predicted octanol–water partition coefficient (Wildman–Crippen LogP) is 4.03. The van der Waals surface area contributed by atoms with E-state index in [1.54, 1.807) is 17.0 Å². The molecule has 172 valence electrons. The van der Waals surface area contributed by atoms with Gasteiger partial charge in [0.1, 0.15) is 11.9 Å². The zero-order valence-corrected chi connectivity index (χ0v) is 18.5. The largest absolute Gasteiger partial charge is 0.396 e. The zero-order valence-electron chi connectivity index (χ0n) is 18.5. The maximum atomic E-state index is 13.5. The van der Waals surface area contributed by atoms with E-state index in [0.29, 0.717) is 24.9 Å². The monoisotopic (exact) mass is 448 g/mol. The molecule has 0 saturated carbocycles. The number of carbonyl (C=O) groups excluding carboxylic acids is 2. The summed E-state index contributed by atoms with van der Waals surface area (Å²) in [5.74, 6) is -0.846. The number of rotatable bonds is 11. The summed E-state index contributed by atoms with van der Waals surface area (Å²) in [6.07, 6.45) is 1.21. The lowest BCUT2D eigenvalue weighted by Gasteiger charge is -2.32. The fourth-order valence-electron chi connectivity index (χ4n) is 3.65. The van der Waals surface area contributed by atoms with Crippen LogP contribution in [0.15, 0.2) is 84.9 Å². The van der Waals surface area contributed by atoms with E-state index in [4.69, 9.17) is 5.11 Å². The van der Waals surface area contributed by atoms with E-state index >= 15 is 0 Å². The number of aryl methyl sites for hydroxylation is 1. The van der Waals surface area contributed by atoms with Crippen LogP contribution in [0.3, 0.4) is 0 Å². The zero-order chi connectivity index (χ0) is 23.5. The third-order valence-corrected chi connectivity index (χ3v) is 5.37. The summed E-state index contributed by atoms with van der Waals surface area (Å²) < 4.78 is 13.5. The van der Waals surface area contributed by atoms with E-state index in [9.17, 15) is 14.0 Å². The molecule has 2 amide bonds. The van der Waals surface area contributed by atoms with Crippen molar-refractivity contribution in [3.05, 3.63) is 107 Å². The summed E-state index contributed by atoms with van der Waals surface area (Å²) in [4.78, 5) is 28.3. The highest BCUT2D eigenvalue weighted by Crippen LogP contribution is 2.25. The molecule has 1 unspecified atom stereocenters. The topological polar surface area (TPSA) is 69.6 Å². The van der Waals surface area contributed by atoms with E-state index < -0.39 is 6.04 Å². The molecular weight excluding hydrogens is 419 g/mol. The van der Waals surface area contributed by atoms with Crippen molar-refractivity contribution in [2.75, 3.05) is 13.2 Å². The molecule has 1 atom stereocenters. The van der Waals surface area contributed by atoms with E-state index in [2.05, 4.69) is 5.32 Å². The number of halogens is 1. The van der Waals surface area contributed by atoms with Crippen molar-refractivity contribution in [1.82, 2.24) is 10.2 Å². The van der Waals surface area contributed by atoms with Gasteiger partial charge in [0.25, 0.3) is 0 Å². The minimum absolute atomic E-state index is 0.0361. The first kappa shape index (κ1) is 24.1. The normalized spacial score (nSPS) is 11.6. The molecule has 6 heteroatoms. The van der Waals surface area contributed by atoms with Crippen molar-refractivity contribution in [3.63, 3.8) is 0 Å². The molecule has 0 aliphatic rings. The molecular formula is C27H29FN2O3. The third-order valence-electron chi connectivity index (χ3n) is 5.37. The van der Waals surface area contributed by atoms with Gasteiger partial charge in [0.2, 0.25) is 11.8 Å². The van der Waals surface area contributed by atoms with Crippen LogP contribution in [0, 0.1) is 5.82 Å². The fourth-order valence-corrected chi connectivity index (χ4v) is 3.65. The molecule has 3 aromatic carbocycles. The number of nitrogens with one attached hydrogen (secondary N) is 1. The highest BCUT2D eigenvalue weighted by atomic mass is 19.1. The molecule has 0 bridgehead atoms. The second kappa shape index (κ2) is 12.5. The van der Waals surface area contributed by atoms with Gasteiger partial charge >= 0.3 is 0 Å². The summed E-state index contributed by atoms with van der Waals surface area (Å²) in [5, 5.41) is 11.9. The molecule has 0 radical (unpaired) electrons. The Labute approximate surface area is 193 Å². The standard InChI is InChI=1S/C27H29FN2O3/c28-24-15-12-22(13-16-24)20-30(25(32)17-14-21-8-3-1-4-9-21)26(23-10-5-2-6-11-23)27(33)29-18-7-19-31/h1-6,8-13,15-16,26,31H,7,14,17-20H2,(H,29,33). The lowest BCUT2D eigenvalue weighted by Crippen LogP contribution is -2.43. The second-order valence-electron chi connectivity index (χ2n) is 7.82. The molecule has 0 aliphatic carbocycles. The molecule has 3 aromatic rings. The Hall–Kier alpha value is -3.51. The fraction of sp³-hybridized carbons (Fsp3) is 0.259. The van der Waals surface area contributed by atoms with Gasteiger partial charge in [-0.15, -0.1) is 0 Å². The number of amides is 2. The van der Waals surface area contributed by atoms with Crippen LogP contribution in [0.4, 0.5) is 4.39 Å². The van der Waals surface area contributed by atoms with Gasteiger partial charge in [-0.25, -0.2) is 4.39 Å². The van der Waals surface area contributed by atoms with Crippen LogP contribution < -0.4 is 5.32 Å². The predicted molar refractivity (Wildman–Crippen MR) is 126 cm³/mol. The van der Waals surface area contributed by atoms with Crippen molar-refractivity contribution in [1.29, 1.82) is 0 Å². The van der Waals surface area contributed by atoms with Gasteiger partial charge in [0, 0.05) is 26.1 Å². The van der Waals surface area contributed by atoms with Crippen molar-refractivity contribution in [2.45, 2.75) is 31.8 Å². The number of benzene rings is 3. The van der Waals surface area contributed by atoms with Gasteiger partial charge in [0.05, 0.1) is 0 Å². The number of carbonyl (C=O) groups is 2. The average molecular weight is 449 g/mol. The molecule has 0 aromatic heterocycles. The second-order valence-corrected chi connectivity index (χ2v) is 7.82. The van der Waals surface area contributed by atoms with Crippen LogP contribution in [0.25, 0.3) is 0 Å². The van der Waals surface area contributed by atoms with Crippen LogP contribution in [0.1, 0.15) is 35.6 Å². The minimum Gasteiger partial charge on any atom is -0.396 e. The Morgan fingerprint density at radius 1 is 0.879 bits per heavy atom. The van der Waals surface area contributed by atoms with Crippen LogP contribution in [0.2, 0.25) is 0 Å². The molecule has 0 aliphatic heterocycles. The van der Waals surface area contributed by atoms with Crippen LogP contribution in [0.5, 0.6) is 0 Å². The molecule has 0 saturated heterocycles. The van der Waals surface area contributed by atoms with Crippen molar-refractivity contribution >= 4 is 11.8 Å². The highest BCUT2D eigenvalue weighted by Gasteiger charge is 2.31. The first-order valence-corrected chi connectivity index (χ1v) is 11.1. The first-order valence-electron chi connectivity index (χ1n) is 11.1. The lowest BCUT2D eigenvalue weighted by molar-refractivity contribution is -0.141. The van der Waals surface area contributed by atoms with Gasteiger partial charge in [-0.1, -0.05) is 72.8 Å². The highest BCUT2D eigenvalue weighted by molar-refractivity contribution is 5.88. The molecule has 0 heterocycles.